The summed E-state index contributed by atoms with van der Waals surface area (Å²) in [5.41, 5.74) is -1.14. The second-order valence-corrected chi connectivity index (χ2v) is 12.6. The Hall–Kier alpha value is -3.11. The Morgan fingerprint density at radius 3 is 1.98 bits per heavy atom. The van der Waals surface area contributed by atoms with Crippen molar-refractivity contribution in [2.75, 3.05) is 80.2 Å². The van der Waals surface area contributed by atoms with Crippen LogP contribution in [-0.2, 0) is 19.1 Å². The number of ether oxygens (including phenoxy) is 1. The van der Waals surface area contributed by atoms with E-state index in [1.165, 1.54) is 25.7 Å². The first kappa shape index (κ1) is 29.0. The summed E-state index contributed by atoms with van der Waals surface area (Å²) in [7, 11) is 0. The molecular formula is C31H47N7O4. The minimum Gasteiger partial charge on any atom is -0.465 e. The summed E-state index contributed by atoms with van der Waals surface area (Å²) in [5, 5.41) is 0. The minimum absolute atomic E-state index is 0.00789. The van der Waals surface area contributed by atoms with Crippen LogP contribution in [0.1, 0.15) is 77.6 Å². The molecule has 11 nitrogen and oxygen atoms in total. The number of nitrogens with zero attached hydrogens (tertiary/aromatic N) is 7. The average molecular weight is 582 g/mol. The fourth-order valence-electron chi connectivity index (χ4n) is 7.58. The molecule has 6 rings (SSSR count). The monoisotopic (exact) mass is 581 g/mol. The lowest BCUT2D eigenvalue weighted by molar-refractivity contribution is -0.169. The molecule has 0 bridgehead atoms. The molecule has 1 unspecified atom stereocenters. The topological polar surface area (TPSA) is 102 Å². The zero-order valence-corrected chi connectivity index (χ0v) is 25.3. The van der Waals surface area contributed by atoms with Crippen molar-refractivity contribution in [3.63, 3.8) is 0 Å². The quantitative estimate of drug-likeness (QED) is 0.355. The van der Waals surface area contributed by atoms with Gasteiger partial charge in [-0.25, -0.2) is 0 Å². The van der Waals surface area contributed by atoms with Gasteiger partial charge in [0, 0.05) is 65.0 Å². The maximum Gasteiger partial charge on any atom is 0.321 e. The summed E-state index contributed by atoms with van der Waals surface area (Å²) in [6.07, 6.45) is 9.88. The molecule has 1 atom stereocenters. The molecule has 5 fully saturated rings. The molecule has 4 saturated heterocycles. The fourth-order valence-corrected chi connectivity index (χ4v) is 7.58. The molecule has 0 N–H and O–H groups in total. The Balaban J connectivity index is 1.14. The largest absolute Gasteiger partial charge is 0.465 e. The van der Waals surface area contributed by atoms with Crippen molar-refractivity contribution in [3.05, 3.63) is 6.07 Å². The maximum absolute atomic E-state index is 14.0. The Kier molecular flexibility index (Phi) is 8.72. The van der Waals surface area contributed by atoms with Gasteiger partial charge >= 0.3 is 5.97 Å². The third kappa shape index (κ3) is 5.63. The summed E-state index contributed by atoms with van der Waals surface area (Å²) in [4.78, 5) is 61.5. The van der Waals surface area contributed by atoms with E-state index in [4.69, 9.17) is 14.7 Å². The van der Waals surface area contributed by atoms with Gasteiger partial charge in [-0.15, -0.1) is 0 Å². The van der Waals surface area contributed by atoms with Crippen LogP contribution in [0.25, 0.3) is 0 Å². The van der Waals surface area contributed by atoms with E-state index in [0.717, 1.165) is 69.4 Å². The summed E-state index contributed by atoms with van der Waals surface area (Å²) in [6, 6.07) is 1.62. The Morgan fingerprint density at radius 2 is 1.36 bits per heavy atom. The smallest absolute Gasteiger partial charge is 0.321 e. The van der Waals surface area contributed by atoms with E-state index < -0.39 is 17.4 Å². The molecule has 0 aromatic carbocycles. The first-order valence-electron chi connectivity index (χ1n) is 16.4. The van der Waals surface area contributed by atoms with Gasteiger partial charge in [0.2, 0.25) is 17.8 Å². The summed E-state index contributed by atoms with van der Waals surface area (Å²) in [6.45, 7) is 9.18. The Morgan fingerprint density at radius 1 is 0.762 bits per heavy atom. The second kappa shape index (κ2) is 12.6. The highest BCUT2D eigenvalue weighted by Crippen LogP contribution is 2.41. The number of hydrogen-bond donors (Lipinski definition) is 0. The van der Waals surface area contributed by atoms with Crippen molar-refractivity contribution in [3.8, 4) is 0 Å². The molecule has 1 aromatic rings. The van der Waals surface area contributed by atoms with Gasteiger partial charge in [0.05, 0.1) is 6.61 Å². The van der Waals surface area contributed by atoms with Gasteiger partial charge in [-0.3, -0.25) is 14.4 Å². The lowest BCUT2D eigenvalue weighted by Crippen LogP contribution is -2.57. The first-order chi connectivity index (χ1) is 20.5. The lowest BCUT2D eigenvalue weighted by Gasteiger charge is -2.40. The van der Waals surface area contributed by atoms with Crippen LogP contribution in [-0.4, -0.2) is 109 Å². The van der Waals surface area contributed by atoms with Gasteiger partial charge in [0.25, 0.3) is 0 Å². The van der Waals surface area contributed by atoms with Crippen LogP contribution in [0.2, 0.25) is 0 Å². The number of likely N-dealkylation sites (tertiary alicyclic amines) is 1. The SMILES string of the molecule is CCOC(=O)C1(C(=O)N2CCCC2C(=O)N2CCN(c3cc(N4CCCC4)nc(N4CCCC4)n3)CC2)CCCCC1. The van der Waals surface area contributed by atoms with Crippen molar-refractivity contribution in [1.29, 1.82) is 0 Å². The molecular weight excluding hydrogens is 534 g/mol. The Labute approximate surface area is 249 Å². The molecule has 1 aromatic heterocycles. The molecule has 1 aliphatic carbocycles. The van der Waals surface area contributed by atoms with Crippen molar-refractivity contribution in [2.24, 2.45) is 5.41 Å². The molecule has 4 aliphatic heterocycles. The number of hydrogen-bond acceptors (Lipinski definition) is 9. The number of amides is 2. The third-order valence-electron chi connectivity index (χ3n) is 10.0. The summed E-state index contributed by atoms with van der Waals surface area (Å²) < 4.78 is 5.41. The third-order valence-corrected chi connectivity index (χ3v) is 10.0. The van der Waals surface area contributed by atoms with E-state index >= 15 is 0 Å². The van der Waals surface area contributed by atoms with E-state index in [-0.39, 0.29) is 18.4 Å². The van der Waals surface area contributed by atoms with Crippen LogP contribution >= 0.6 is 0 Å². The van der Waals surface area contributed by atoms with Crippen LogP contribution < -0.4 is 14.7 Å². The van der Waals surface area contributed by atoms with Gasteiger partial charge < -0.3 is 29.2 Å². The molecule has 42 heavy (non-hydrogen) atoms. The second-order valence-electron chi connectivity index (χ2n) is 12.6. The number of carbonyl (C=O) groups excluding carboxylic acids is 3. The molecule has 0 radical (unpaired) electrons. The number of carbonyl (C=O) groups is 3. The van der Waals surface area contributed by atoms with Crippen LogP contribution in [0, 0.1) is 5.41 Å². The predicted molar refractivity (Wildman–Crippen MR) is 161 cm³/mol. The van der Waals surface area contributed by atoms with Gasteiger partial charge in [-0.1, -0.05) is 19.3 Å². The highest BCUT2D eigenvalue weighted by Gasteiger charge is 2.52. The van der Waals surface area contributed by atoms with Crippen molar-refractivity contribution >= 4 is 35.4 Å². The number of piperazine rings is 1. The molecule has 2 amide bonds. The normalized spacial score (nSPS) is 24.4. The van der Waals surface area contributed by atoms with Crippen molar-refractivity contribution in [1.82, 2.24) is 19.8 Å². The Bertz CT molecular complexity index is 1100. The fraction of sp³-hybridized carbons (Fsp3) is 0.774. The zero-order chi connectivity index (χ0) is 29.1. The number of rotatable bonds is 7. The van der Waals surface area contributed by atoms with Gasteiger partial charge in [-0.05, 0) is 58.3 Å². The highest BCUT2D eigenvalue weighted by atomic mass is 16.5. The highest BCUT2D eigenvalue weighted by molar-refractivity contribution is 6.04. The molecule has 1 saturated carbocycles. The zero-order valence-electron chi connectivity index (χ0n) is 25.3. The van der Waals surface area contributed by atoms with E-state index in [2.05, 4.69) is 20.8 Å². The van der Waals surface area contributed by atoms with Crippen LogP contribution in [0.4, 0.5) is 17.6 Å². The van der Waals surface area contributed by atoms with Gasteiger partial charge in [-0.2, -0.15) is 9.97 Å². The average Bonchev–Trinajstić information content (AvgIpc) is 3.84. The van der Waals surface area contributed by atoms with E-state index in [0.29, 0.717) is 52.0 Å². The number of aromatic nitrogens is 2. The maximum atomic E-state index is 14.0. The van der Waals surface area contributed by atoms with Gasteiger partial charge in [0.1, 0.15) is 23.1 Å². The van der Waals surface area contributed by atoms with Crippen LogP contribution in [0.5, 0.6) is 0 Å². The van der Waals surface area contributed by atoms with Crippen molar-refractivity contribution < 1.29 is 19.1 Å². The molecule has 11 heteroatoms. The van der Waals surface area contributed by atoms with E-state index in [1.807, 2.05) is 4.90 Å². The minimum atomic E-state index is -1.14. The van der Waals surface area contributed by atoms with E-state index in [9.17, 15) is 14.4 Å². The summed E-state index contributed by atoms with van der Waals surface area (Å²) >= 11 is 0. The van der Waals surface area contributed by atoms with Gasteiger partial charge in [0.15, 0.2) is 0 Å². The van der Waals surface area contributed by atoms with Crippen LogP contribution in [0.3, 0.4) is 0 Å². The van der Waals surface area contributed by atoms with Crippen LogP contribution in [0.15, 0.2) is 6.07 Å². The van der Waals surface area contributed by atoms with E-state index in [1.54, 1.807) is 11.8 Å². The standard InChI is InChI=1S/C31H47N7O4/c1-2-42-29(41)31(12-4-3-5-13-31)28(40)38-18-10-11-24(38)27(39)36-21-19-35(20-22-36)26-23-25(34-14-6-7-15-34)32-30(33-26)37-16-8-9-17-37/h23-24H,2-22H2,1H3. The lowest BCUT2D eigenvalue weighted by atomic mass is 9.72. The molecule has 5 aliphatic rings. The summed E-state index contributed by atoms with van der Waals surface area (Å²) in [5.74, 6) is 2.17. The van der Waals surface area contributed by atoms with Crippen molar-refractivity contribution in [2.45, 2.75) is 83.6 Å². The number of esters is 1. The predicted octanol–water partition coefficient (Wildman–Crippen LogP) is 2.83. The molecule has 230 valence electrons. The first-order valence-corrected chi connectivity index (χ1v) is 16.4. The molecule has 5 heterocycles. The number of anilines is 3. The molecule has 0 spiro atoms.